The van der Waals surface area contributed by atoms with E-state index in [1.165, 1.54) is 16.5 Å². The van der Waals surface area contributed by atoms with Crippen molar-refractivity contribution in [2.45, 2.75) is 13.1 Å². The number of rotatable bonds is 6. The van der Waals surface area contributed by atoms with E-state index in [1.807, 2.05) is 6.20 Å². The van der Waals surface area contributed by atoms with Crippen molar-refractivity contribution in [3.8, 4) is 12.3 Å². The van der Waals surface area contributed by atoms with Crippen molar-refractivity contribution in [2.75, 3.05) is 20.3 Å². The Morgan fingerprint density at radius 1 is 1.39 bits per heavy atom. The molecule has 1 heterocycles. The van der Waals surface area contributed by atoms with Crippen molar-refractivity contribution >= 4 is 10.9 Å². The van der Waals surface area contributed by atoms with Gasteiger partial charge in [-0.2, -0.15) is 0 Å². The first-order valence-electron chi connectivity index (χ1n) is 6.06. The smallest absolute Gasteiger partial charge is 0.0834 e. The Labute approximate surface area is 108 Å². The van der Waals surface area contributed by atoms with Crippen molar-refractivity contribution in [1.29, 1.82) is 0 Å². The number of ether oxygens (including phenoxy) is 1. The van der Waals surface area contributed by atoms with E-state index in [4.69, 9.17) is 11.2 Å². The highest BCUT2D eigenvalue weighted by atomic mass is 16.5. The average Bonchev–Trinajstić information content (AvgIpc) is 2.78. The molecule has 0 saturated heterocycles. The first-order valence-corrected chi connectivity index (χ1v) is 6.06. The van der Waals surface area contributed by atoms with Crippen LogP contribution in [0.5, 0.6) is 0 Å². The van der Waals surface area contributed by atoms with Crippen LogP contribution in [0.2, 0.25) is 0 Å². The number of hydrogen-bond donors (Lipinski definition) is 1. The van der Waals surface area contributed by atoms with E-state index in [-0.39, 0.29) is 0 Å². The minimum atomic E-state index is 0.620. The van der Waals surface area contributed by atoms with Crippen LogP contribution < -0.4 is 5.32 Å². The van der Waals surface area contributed by atoms with Gasteiger partial charge in [0.05, 0.1) is 13.2 Å². The number of hydrogen-bond acceptors (Lipinski definition) is 2. The second kappa shape index (κ2) is 6.25. The maximum Gasteiger partial charge on any atom is 0.0834 e. The number of nitrogens with one attached hydrogen (secondary N) is 1. The predicted molar refractivity (Wildman–Crippen MR) is 74.4 cm³/mol. The number of benzene rings is 1. The van der Waals surface area contributed by atoms with Gasteiger partial charge in [0.25, 0.3) is 0 Å². The van der Waals surface area contributed by atoms with Gasteiger partial charge in [-0.15, -0.1) is 6.42 Å². The van der Waals surface area contributed by atoms with Gasteiger partial charge in [-0.1, -0.05) is 12.0 Å². The van der Waals surface area contributed by atoms with Crippen LogP contribution in [0.25, 0.3) is 10.9 Å². The van der Waals surface area contributed by atoms with E-state index in [0.29, 0.717) is 6.54 Å². The van der Waals surface area contributed by atoms with Gasteiger partial charge < -0.3 is 14.6 Å². The van der Waals surface area contributed by atoms with E-state index in [9.17, 15) is 0 Å². The Morgan fingerprint density at radius 3 is 3.06 bits per heavy atom. The molecule has 0 amide bonds. The summed E-state index contributed by atoms with van der Waals surface area (Å²) in [7, 11) is 1.71. The Morgan fingerprint density at radius 2 is 2.28 bits per heavy atom. The van der Waals surface area contributed by atoms with Crippen molar-refractivity contribution in [2.24, 2.45) is 0 Å². The SMILES string of the molecule is C#CCn1ccc2cc(CNCCOC)ccc21. The van der Waals surface area contributed by atoms with Crippen molar-refractivity contribution in [1.82, 2.24) is 9.88 Å². The second-order valence-corrected chi connectivity index (χ2v) is 4.21. The topological polar surface area (TPSA) is 26.2 Å². The molecule has 0 spiro atoms. The molecule has 1 N–H and O–H groups in total. The van der Waals surface area contributed by atoms with E-state index in [2.05, 4.69) is 40.1 Å². The fourth-order valence-corrected chi connectivity index (χ4v) is 2.00. The molecule has 0 unspecified atom stereocenters. The standard InChI is InChI=1S/C15H18N2O/c1-3-8-17-9-6-14-11-13(4-5-15(14)17)12-16-7-10-18-2/h1,4-6,9,11,16H,7-8,10,12H2,2H3. The molecule has 0 radical (unpaired) electrons. The Bertz CT molecular complexity index is 551. The summed E-state index contributed by atoms with van der Waals surface area (Å²) >= 11 is 0. The van der Waals surface area contributed by atoms with E-state index >= 15 is 0 Å². The highest BCUT2D eigenvalue weighted by molar-refractivity contribution is 5.81. The maximum absolute atomic E-state index is 5.34. The molecule has 18 heavy (non-hydrogen) atoms. The van der Waals surface area contributed by atoms with Crippen LogP contribution in [-0.2, 0) is 17.8 Å². The highest BCUT2D eigenvalue weighted by Crippen LogP contribution is 2.17. The van der Waals surface area contributed by atoms with Gasteiger partial charge in [-0.3, -0.25) is 0 Å². The van der Waals surface area contributed by atoms with Crippen LogP contribution in [0.3, 0.4) is 0 Å². The molecule has 0 bridgehead atoms. The first-order chi connectivity index (χ1) is 8.85. The van der Waals surface area contributed by atoms with Gasteiger partial charge >= 0.3 is 0 Å². The van der Waals surface area contributed by atoms with Gasteiger partial charge in [0, 0.05) is 31.9 Å². The summed E-state index contributed by atoms with van der Waals surface area (Å²) in [4.78, 5) is 0. The molecule has 0 fully saturated rings. The van der Waals surface area contributed by atoms with Crippen LogP contribution in [-0.4, -0.2) is 24.8 Å². The lowest BCUT2D eigenvalue weighted by Crippen LogP contribution is -2.18. The third-order valence-corrected chi connectivity index (χ3v) is 2.91. The lowest BCUT2D eigenvalue weighted by Gasteiger charge is -2.05. The minimum Gasteiger partial charge on any atom is -0.383 e. The average molecular weight is 242 g/mol. The molecule has 94 valence electrons. The van der Waals surface area contributed by atoms with E-state index in [1.54, 1.807) is 7.11 Å². The van der Waals surface area contributed by atoms with Crippen LogP contribution in [0.15, 0.2) is 30.5 Å². The van der Waals surface area contributed by atoms with Gasteiger partial charge in [-0.05, 0) is 29.1 Å². The number of nitrogens with zero attached hydrogens (tertiary/aromatic N) is 1. The molecule has 0 aliphatic rings. The molecule has 1 aromatic heterocycles. The third-order valence-electron chi connectivity index (χ3n) is 2.91. The van der Waals surface area contributed by atoms with Gasteiger partial charge in [0.2, 0.25) is 0 Å². The lowest BCUT2D eigenvalue weighted by molar-refractivity contribution is 0.199. The van der Waals surface area contributed by atoms with Crippen LogP contribution in [0.1, 0.15) is 5.56 Å². The van der Waals surface area contributed by atoms with Crippen molar-refractivity contribution < 1.29 is 4.74 Å². The summed E-state index contributed by atoms with van der Waals surface area (Å²) in [5.41, 5.74) is 2.46. The molecule has 1 aromatic carbocycles. The molecular formula is C15H18N2O. The predicted octanol–water partition coefficient (Wildman–Crippen LogP) is 2.01. The van der Waals surface area contributed by atoms with E-state index < -0.39 is 0 Å². The van der Waals surface area contributed by atoms with Gasteiger partial charge in [-0.25, -0.2) is 0 Å². The summed E-state index contributed by atoms with van der Waals surface area (Å²) in [6.45, 7) is 3.09. The summed E-state index contributed by atoms with van der Waals surface area (Å²) in [6.07, 6.45) is 7.38. The zero-order chi connectivity index (χ0) is 12.8. The van der Waals surface area contributed by atoms with Crippen molar-refractivity contribution in [3.63, 3.8) is 0 Å². The summed E-state index contributed by atoms with van der Waals surface area (Å²) < 4.78 is 7.08. The third kappa shape index (κ3) is 2.92. The Kier molecular flexibility index (Phi) is 4.40. The number of aromatic nitrogens is 1. The zero-order valence-electron chi connectivity index (χ0n) is 10.6. The molecule has 0 atom stereocenters. The monoisotopic (exact) mass is 242 g/mol. The molecular weight excluding hydrogens is 224 g/mol. The molecule has 2 aromatic rings. The normalized spacial score (nSPS) is 10.7. The van der Waals surface area contributed by atoms with Gasteiger partial charge in [0.1, 0.15) is 0 Å². The number of terminal acetylenes is 1. The van der Waals surface area contributed by atoms with Crippen LogP contribution >= 0.6 is 0 Å². The molecule has 3 heteroatoms. The van der Waals surface area contributed by atoms with E-state index in [0.717, 1.165) is 19.7 Å². The zero-order valence-corrected chi connectivity index (χ0v) is 10.6. The number of fused-ring (bicyclic) bond motifs is 1. The Hall–Kier alpha value is -1.76. The second-order valence-electron chi connectivity index (χ2n) is 4.21. The molecule has 0 saturated carbocycles. The quantitative estimate of drug-likeness (QED) is 0.619. The lowest BCUT2D eigenvalue weighted by atomic mass is 10.1. The largest absolute Gasteiger partial charge is 0.383 e. The molecule has 3 nitrogen and oxygen atoms in total. The molecule has 0 aliphatic heterocycles. The maximum atomic E-state index is 5.34. The first kappa shape index (κ1) is 12.7. The fraction of sp³-hybridized carbons (Fsp3) is 0.333. The fourth-order valence-electron chi connectivity index (χ4n) is 2.00. The van der Waals surface area contributed by atoms with Gasteiger partial charge in [0.15, 0.2) is 0 Å². The molecule has 2 rings (SSSR count). The summed E-state index contributed by atoms with van der Waals surface area (Å²) in [5, 5.41) is 4.57. The minimum absolute atomic E-state index is 0.620. The van der Waals surface area contributed by atoms with Crippen LogP contribution in [0, 0.1) is 12.3 Å². The summed E-state index contributed by atoms with van der Waals surface area (Å²) in [6, 6.07) is 8.56. The Balaban J connectivity index is 2.06. The van der Waals surface area contributed by atoms with Crippen molar-refractivity contribution in [3.05, 3.63) is 36.0 Å². The summed E-state index contributed by atoms with van der Waals surface area (Å²) in [5.74, 6) is 2.66. The van der Waals surface area contributed by atoms with Crippen LogP contribution in [0.4, 0.5) is 0 Å². The molecule has 0 aliphatic carbocycles. The number of methoxy groups -OCH3 is 1. The highest BCUT2D eigenvalue weighted by Gasteiger charge is 2.01.